The van der Waals surface area contributed by atoms with E-state index in [1.54, 1.807) is 0 Å². The van der Waals surface area contributed by atoms with E-state index in [0.29, 0.717) is 16.6 Å². The van der Waals surface area contributed by atoms with Crippen LogP contribution in [0, 0.1) is 0 Å². The second kappa shape index (κ2) is 10.7. The molecule has 2 atom stereocenters. The molecule has 0 heterocycles. The zero-order valence-corrected chi connectivity index (χ0v) is 19.2. The number of carbonyl (C=O) groups excluding carboxylic acids is 1. The number of hydrogen-bond acceptors (Lipinski definition) is 3. The molecule has 0 aliphatic heterocycles. The van der Waals surface area contributed by atoms with E-state index in [4.69, 9.17) is 9.16 Å². The summed E-state index contributed by atoms with van der Waals surface area (Å²) < 4.78 is 11.7. The van der Waals surface area contributed by atoms with Gasteiger partial charge in [-0.15, -0.1) is 0 Å². The van der Waals surface area contributed by atoms with Crippen LogP contribution in [0.25, 0.3) is 6.08 Å². The largest absolute Gasteiger partial charge is 0.453 e. The standard InChI is InChI=1S/C22H37NO3Si/c1-16(2)27(17(3)4,18(5)6)26-19(7)21(23-22(24)25-8)15-14-20-12-10-9-11-13-20/h9-19,21H,1-8H3,(H,23,24)/b15-14+/t19-,21+/m0/s1. The summed E-state index contributed by atoms with van der Waals surface area (Å²) in [5.41, 5.74) is 2.53. The highest BCUT2D eigenvalue weighted by Gasteiger charge is 2.46. The molecule has 152 valence electrons. The number of methoxy groups -OCH3 is 1. The SMILES string of the molecule is COC(=O)N[C@H](/C=C/c1ccccc1)[C@H](C)O[Si](C(C)C)(C(C)C)C(C)C. The number of alkyl carbamates (subject to hydrolysis) is 1. The number of carbonyl (C=O) groups is 1. The molecule has 1 amide bonds. The Kier molecular flexibility index (Phi) is 9.26. The number of hydrogen-bond donors (Lipinski definition) is 1. The maximum Gasteiger partial charge on any atom is 0.407 e. The van der Waals surface area contributed by atoms with Gasteiger partial charge in [-0.1, -0.05) is 84.0 Å². The molecule has 1 aromatic rings. The van der Waals surface area contributed by atoms with Gasteiger partial charge in [-0.2, -0.15) is 0 Å². The third kappa shape index (κ3) is 6.21. The van der Waals surface area contributed by atoms with E-state index < -0.39 is 14.4 Å². The fourth-order valence-corrected chi connectivity index (χ4v) is 9.71. The van der Waals surface area contributed by atoms with Gasteiger partial charge in [-0.05, 0) is 29.1 Å². The highest BCUT2D eigenvalue weighted by atomic mass is 28.4. The van der Waals surface area contributed by atoms with Gasteiger partial charge in [0.25, 0.3) is 0 Å². The van der Waals surface area contributed by atoms with Crippen molar-refractivity contribution in [3.05, 3.63) is 42.0 Å². The molecule has 0 saturated carbocycles. The smallest absolute Gasteiger partial charge is 0.407 e. The first-order chi connectivity index (χ1) is 12.6. The van der Waals surface area contributed by atoms with E-state index in [1.165, 1.54) is 7.11 Å². The van der Waals surface area contributed by atoms with Crippen molar-refractivity contribution in [1.29, 1.82) is 0 Å². The van der Waals surface area contributed by atoms with Gasteiger partial charge in [0.2, 0.25) is 8.32 Å². The number of nitrogens with one attached hydrogen (secondary N) is 1. The molecular formula is C22H37NO3Si. The molecule has 4 nitrogen and oxygen atoms in total. The van der Waals surface area contributed by atoms with E-state index in [0.717, 1.165) is 5.56 Å². The van der Waals surface area contributed by atoms with Crippen molar-refractivity contribution in [1.82, 2.24) is 5.32 Å². The van der Waals surface area contributed by atoms with Gasteiger partial charge in [0, 0.05) is 0 Å². The summed E-state index contributed by atoms with van der Waals surface area (Å²) in [5, 5.41) is 2.93. The van der Waals surface area contributed by atoms with Crippen molar-refractivity contribution in [2.45, 2.75) is 77.2 Å². The van der Waals surface area contributed by atoms with E-state index in [1.807, 2.05) is 49.4 Å². The van der Waals surface area contributed by atoms with Crippen LogP contribution in [0.1, 0.15) is 54.0 Å². The molecule has 1 rings (SSSR count). The summed E-state index contributed by atoms with van der Waals surface area (Å²) in [6.07, 6.45) is 3.42. The molecule has 0 radical (unpaired) electrons. The Hall–Kier alpha value is -1.59. The number of amides is 1. The second-order valence-corrected chi connectivity index (χ2v) is 13.5. The number of rotatable bonds is 9. The third-order valence-electron chi connectivity index (χ3n) is 5.37. The molecule has 0 bridgehead atoms. The van der Waals surface area contributed by atoms with Crippen molar-refractivity contribution in [2.24, 2.45) is 0 Å². The van der Waals surface area contributed by atoms with Gasteiger partial charge in [0.1, 0.15) is 0 Å². The minimum Gasteiger partial charge on any atom is -0.453 e. The summed E-state index contributed by atoms with van der Waals surface area (Å²) in [7, 11) is -0.666. The van der Waals surface area contributed by atoms with Crippen molar-refractivity contribution in [3.63, 3.8) is 0 Å². The fourth-order valence-electron chi connectivity index (χ4n) is 4.10. The lowest BCUT2D eigenvalue weighted by Gasteiger charge is -2.45. The van der Waals surface area contributed by atoms with Crippen molar-refractivity contribution in [2.75, 3.05) is 7.11 Å². The summed E-state index contributed by atoms with van der Waals surface area (Å²) in [5.74, 6) is 0. The van der Waals surface area contributed by atoms with Gasteiger partial charge in [-0.3, -0.25) is 0 Å². The summed E-state index contributed by atoms with van der Waals surface area (Å²) >= 11 is 0. The predicted molar refractivity (Wildman–Crippen MR) is 116 cm³/mol. The molecule has 1 aromatic carbocycles. The molecule has 5 heteroatoms. The van der Waals surface area contributed by atoms with Gasteiger partial charge < -0.3 is 14.5 Å². The predicted octanol–water partition coefficient (Wildman–Crippen LogP) is 6.01. The Balaban J connectivity index is 3.12. The molecule has 0 spiro atoms. The summed E-state index contributed by atoms with van der Waals surface area (Å²) in [6, 6.07) is 9.79. The highest BCUT2D eigenvalue weighted by molar-refractivity contribution is 6.77. The maximum atomic E-state index is 11.9. The molecule has 0 fully saturated rings. The van der Waals surface area contributed by atoms with Crippen LogP contribution in [0.15, 0.2) is 36.4 Å². The Morgan fingerprint density at radius 3 is 1.93 bits per heavy atom. The van der Waals surface area contributed by atoms with E-state index >= 15 is 0 Å². The topological polar surface area (TPSA) is 47.6 Å². The summed E-state index contributed by atoms with van der Waals surface area (Å²) in [6.45, 7) is 15.6. The fraction of sp³-hybridized carbons (Fsp3) is 0.591. The first-order valence-corrected chi connectivity index (χ1v) is 12.0. The average molecular weight is 392 g/mol. The van der Waals surface area contributed by atoms with Crippen LogP contribution in [0.3, 0.4) is 0 Å². The lowest BCUT2D eigenvalue weighted by Crippen LogP contribution is -2.54. The first kappa shape index (κ1) is 23.4. The Bertz CT molecular complexity index is 577. The first-order valence-electron chi connectivity index (χ1n) is 9.90. The molecule has 0 saturated heterocycles. The zero-order valence-electron chi connectivity index (χ0n) is 18.2. The lowest BCUT2D eigenvalue weighted by molar-refractivity contribution is 0.139. The molecule has 27 heavy (non-hydrogen) atoms. The van der Waals surface area contributed by atoms with E-state index in [2.05, 4.69) is 46.9 Å². The van der Waals surface area contributed by atoms with Crippen molar-refractivity contribution in [3.8, 4) is 0 Å². The van der Waals surface area contributed by atoms with Crippen LogP contribution >= 0.6 is 0 Å². The van der Waals surface area contributed by atoms with E-state index in [9.17, 15) is 4.79 Å². The zero-order chi connectivity index (χ0) is 20.6. The molecule has 0 aromatic heterocycles. The van der Waals surface area contributed by atoms with Crippen LogP contribution in [-0.2, 0) is 9.16 Å². The number of benzene rings is 1. The molecule has 0 aliphatic carbocycles. The van der Waals surface area contributed by atoms with E-state index in [-0.39, 0.29) is 12.1 Å². The lowest BCUT2D eigenvalue weighted by atomic mass is 10.1. The molecule has 0 unspecified atom stereocenters. The third-order valence-corrected chi connectivity index (χ3v) is 11.6. The van der Waals surface area contributed by atoms with Crippen LogP contribution in [0.2, 0.25) is 16.6 Å². The average Bonchev–Trinajstić information content (AvgIpc) is 2.62. The van der Waals surface area contributed by atoms with Gasteiger partial charge in [-0.25, -0.2) is 4.79 Å². The normalized spacial score (nSPS) is 14.8. The highest BCUT2D eigenvalue weighted by Crippen LogP contribution is 2.43. The number of ether oxygens (including phenoxy) is 1. The summed E-state index contributed by atoms with van der Waals surface area (Å²) in [4.78, 5) is 11.9. The van der Waals surface area contributed by atoms with Crippen LogP contribution in [0.4, 0.5) is 4.79 Å². The van der Waals surface area contributed by atoms with Gasteiger partial charge >= 0.3 is 6.09 Å². The molecular weight excluding hydrogens is 354 g/mol. The quantitative estimate of drug-likeness (QED) is 0.525. The van der Waals surface area contributed by atoms with Crippen LogP contribution in [-0.4, -0.2) is 33.7 Å². The Morgan fingerprint density at radius 1 is 0.963 bits per heavy atom. The minimum atomic E-state index is -2.05. The second-order valence-electron chi connectivity index (χ2n) is 8.07. The molecule has 0 aliphatic rings. The monoisotopic (exact) mass is 391 g/mol. The van der Waals surface area contributed by atoms with Gasteiger partial charge in [0.05, 0.1) is 19.3 Å². The Labute approximate surface area is 166 Å². The van der Waals surface area contributed by atoms with Crippen LogP contribution < -0.4 is 5.32 Å². The molecule has 1 N–H and O–H groups in total. The van der Waals surface area contributed by atoms with Crippen molar-refractivity contribution < 1.29 is 14.0 Å². The van der Waals surface area contributed by atoms with Gasteiger partial charge in [0.15, 0.2) is 0 Å². The maximum absolute atomic E-state index is 11.9. The Morgan fingerprint density at radius 2 is 1.48 bits per heavy atom. The van der Waals surface area contributed by atoms with Crippen LogP contribution in [0.5, 0.6) is 0 Å². The minimum absolute atomic E-state index is 0.150. The van der Waals surface area contributed by atoms with Crippen molar-refractivity contribution >= 4 is 20.5 Å².